The second-order valence-corrected chi connectivity index (χ2v) is 8.39. The van der Waals surface area contributed by atoms with Crippen LogP contribution >= 0.6 is 0 Å². The first-order valence-electron chi connectivity index (χ1n) is 8.20. The fourth-order valence-electron chi connectivity index (χ4n) is 2.78. The van der Waals surface area contributed by atoms with Crippen molar-refractivity contribution < 1.29 is 47.6 Å². The number of benzene rings is 2. The molecule has 0 bridgehead atoms. The second-order valence-electron chi connectivity index (χ2n) is 7.01. The molecule has 1 aromatic heterocycles. The Balaban J connectivity index is 0.00000261. The second kappa shape index (κ2) is 7.52. The van der Waals surface area contributed by atoms with Crippen LogP contribution in [-0.4, -0.2) is 33.1 Å². The Labute approximate surface area is 180 Å². The van der Waals surface area contributed by atoms with Crippen molar-refractivity contribution in [1.82, 2.24) is 15.0 Å². The molecule has 9 heteroatoms. The van der Waals surface area contributed by atoms with E-state index >= 15 is 0 Å². The third kappa shape index (κ3) is 4.20. The van der Waals surface area contributed by atoms with E-state index in [0.29, 0.717) is 11.2 Å². The van der Waals surface area contributed by atoms with Crippen LogP contribution in [0.2, 0.25) is 0 Å². The fraction of sp³-hybridized carbons (Fsp3) is 0.333. The predicted octanol–water partition coefficient (Wildman–Crippen LogP) is 0.0302. The Morgan fingerprint density at radius 3 is 2.37 bits per heavy atom. The summed E-state index contributed by atoms with van der Waals surface area (Å²) in [6.07, 6.45) is 0.836. The Morgan fingerprint density at radius 2 is 1.78 bits per heavy atom. The number of phenols is 1. The Hall–Kier alpha value is -1.45. The number of fused-ring (bicyclic) bond motifs is 1. The van der Waals surface area contributed by atoms with E-state index in [-0.39, 0.29) is 51.1 Å². The summed E-state index contributed by atoms with van der Waals surface area (Å²) < 4.78 is 33.6. The number of hydrogen-bond acceptors (Lipinski definition) is 6. The third-order valence-electron chi connectivity index (χ3n) is 4.70. The minimum Gasteiger partial charge on any atom is -0.744 e. The maximum absolute atomic E-state index is 11.2. The van der Waals surface area contributed by atoms with Crippen molar-refractivity contribution in [3.05, 3.63) is 41.5 Å². The molecule has 0 aliphatic rings. The molecule has 0 atom stereocenters. The summed E-state index contributed by atoms with van der Waals surface area (Å²) in [5.74, 6) is 0.0828. The van der Waals surface area contributed by atoms with Gasteiger partial charge in [0.15, 0.2) is 0 Å². The van der Waals surface area contributed by atoms with Gasteiger partial charge in [0.1, 0.15) is 32.6 Å². The van der Waals surface area contributed by atoms with Gasteiger partial charge < -0.3 is 9.66 Å². The van der Waals surface area contributed by atoms with Gasteiger partial charge >= 0.3 is 29.6 Å². The summed E-state index contributed by atoms with van der Waals surface area (Å²) >= 11 is 0. The SMILES string of the molecule is CCC(C)(C)c1cc(C)cc(-n2nc3ccc(S(=O)(=O)[O-])cc3n2)c1O.[Na+]. The Kier molecular flexibility index (Phi) is 6.08. The molecule has 27 heavy (non-hydrogen) atoms. The first-order chi connectivity index (χ1) is 12.0. The van der Waals surface area contributed by atoms with E-state index in [1.54, 1.807) is 6.07 Å². The van der Waals surface area contributed by atoms with Crippen LogP contribution in [0.4, 0.5) is 0 Å². The first-order valence-corrected chi connectivity index (χ1v) is 9.61. The molecule has 3 aromatic rings. The van der Waals surface area contributed by atoms with E-state index in [2.05, 4.69) is 10.2 Å². The molecule has 0 spiro atoms. The molecule has 0 aliphatic heterocycles. The van der Waals surface area contributed by atoms with E-state index in [1.165, 1.54) is 23.0 Å². The van der Waals surface area contributed by atoms with Crippen LogP contribution in [-0.2, 0) is 15.5 Å². The zero-order valence-electron chi connectivity index (χ0n) is 16.0. The number of rotatable bonds is 4. The quantitative estimate of drug-likeness (QED) is 0.492. The molecular formula is C18H20N3NaO4S. The van der Waals surface area contributed by atoms with Gasteiger partial charge in [0.05, 0.1) is 4.90 Å². The first kappa shape index (κ1) is 21.8. The molecule has 1 heterocycles. The normalized spacial score (nSPS) is 12.2. The predicted molar refractivity (Wildman–Crippen MR) is 96.5 cm³/mol. The van der Waals surface area contributed by atoms with Crippen molar-refractivity contribution in [2.75, 3.05) is 0 Å². The van der Waals surface area contributed by atoms with Crippen LogP contribution in [0.1, 0.15) is 38.3 Å². The van der Waals surface area contributed by atoms with Crippen molar-refractivity contribution in [3.8, 4) is 11.4 Å². The van der Waals surface area contributed by atoms with Gasteiger partial charge in [-0.15, -0.1) is 15.0 Å². The van der Waals surface area contributed by atoms with E-state index < -0.39 is 10.1 Å². The maximum Gasteiger partial charge on any atom is 1.00 e. The molecule has 0 fully saturated rings. The van der Waals surface area contributed by atoms with Gasteiger partial charge in [-0.1, -0.05) is 26.8 Å². The summed E-state index contributed by atoms with van der Waals surface area (Å²) in [5.41, 5.74) is 2.59. The van der Waals surface area contributed by atoms with Gasteiger partial charge in [-0.2, -0.15) is 0 Å². The molecule has 2 aromatic carbocycles. The molecular weight excluding hydrogens is 377 g/mol. The smallest absolute Gasteiger partial charge is 0.744 e. The fourth-order valence-corrected chi connectivity index (χ4v) is 3.27. The number of nitrogens with zero attached hydrogens (tertiary/aromatic N) is 3. The summed E-state index contributed by atoms with van der Waals surface area (Å²) in [7, 11) is -4.57. The van der Waals surface area contributed by atoms with Crippen LogP contribution in [0.5, 0.6) is 5.75 Å². The Bertz CT molecular complexity index is 1110. The van der Waals surface area contributed by atoms with Gasteiger partial charge in [0, 0.05) is 5.56 Å². The average molecular weight is 397 g/mol. The molecule has 0 amide bonds. The van der Waals surface area contributed by atoms with Gasteiger partial charge in [0.25, 0.3) is 0 Å². The number of hydrogen-bond donors (Lipinski definition) is 1. The van der Waals surface area contributed by atoms with Gasteiger partial charge in [-0.3, -0.25) is 0 Å². The average Bonchev–Trinajstić information content (AvgIpc) is 2.98. The summed E-state index contributed by atoms with van der Waals surface area (Å²) in [4.78, 5) is 0.905. The monoisotopic (exact) mass is 397 g/mol. The summed E-state index contributed by atoms with van der Waals surface area (Å²) in [6.45, 7) is 8.06. The van der Waals surface area contributed by atoms with Gasteiger partial charge in [0.2, 0.25) is 0 Å². The number of phenolic OH excluding ortho intramolecular Hbond substituents is 1. The molecule has 0 aliphatic carbocycles. The zero-order chi connectivity index (χ0) is 19.3. The largest absolute Gasteiger partial charge is 1.00 e. The molecule has 3 rings (SSSR count). The minimum absolute atomic E-state index is 0. The topological polar surface area (TPSA) is 108 Å². The summed E-state index contributed by atoms with van der Waals surface area (Å²) in [6, 6.07) is 7.51. The molecule has 0 radical (unpaired) electrons. The van der Waals surface area contributed by atoms with Crippen LogP contribution in [0.25, 0.3) is 16.7 Å². The van der Waals surface area contributed by atoms with E-state index in [9.17, 15) is 18.1 Å². The number of aromatic hydroxyl groups is 1. The molecule has 0 unspecified atom stereocenters. The van der Waals surface area contributed by atoms with Gasteiger partial charge in [-0.25, -0.2) is 8.42 Å². The molecule has 0 saturated heterocycles. The van der Waals surface area contributed by atoms with Crippen molar-refractivity contribution in [1.29, 1.82) is 0 Å². The van der Waals surface area contributed by atoms with Crippen LogP contribution in [0, 0.1) is 6.92 Å². The van der Waals surface area contributed by atoms with E-state index in [0.717, 1.165) is 17.5 Å². The Morgan fingerprint density at radius 1 is 1.15 bits per heavy atom. The molecule has 0 saturated carbocycles. The summed E-state index contributed by atoms with van der Waals surface area (Å²) in [5, 5.41) is 19.4. The van der Waals surface area contributed by atoms with Gasteiger partial charge in [-0.05, 0) is 48.6 Å². The van der Waals surface area contributed by atoms with Crippen molar-refractivity contribution in [3.63, 3.8) is 0 Å². The molecule has 138 valence electrons. The minimum atomic E-state index is -4.57. The van der Waals surface area contributed by atoms with Crippen LogP contribution in [0.3, 0.4) is 0 Å². The van der Waals surface area contributed by atoms with Crippen LogP contribution in [0.15, 0.2) is 35.2 Å². The van der Waals surface area contributed by atoms with E-state index in [4.69, 9.17) is 0 Å². The standard InChI is InChI=1S/C18H21N3O4S.Na/c1-5-18(3,4)13-8-11(2)9-16(17(13)22)21-19-14-7-6-12(26(23,24)25)10-15(14)20-21;/h6-10,22H,5H2,1-4H3,(H,23,24,25);/q;+1/p-1. The van der Waals surface area contributed by atoms with E-state index in [1.807, 2.05) is 33.8 Å². The van der Waals surface area contributed by atoms with Crippen molar-refractivity contribution >= 4 is 21.2 Å². The van der Waals surface area contributed by atoms with Crippen molar-refractivity contribution in [2.45, 2.75) is 44.4 Å². The zero-order valence-corrected chi connectivity index (χ0v) is 18.8. The molecule has 1 N–H and O–H groups in total. The molecule has 7 nitrogen and oxygen atoms in total. The maximum atomic E-state index is 11.2. The number of aromatic nitrogens is 3. The van der Waals surface area contributed by atoms with Crippen LogP contribution < -0.4 is 29.6 Å². The number of aryl methyl sites for hydroxylation is 1. The third-order valence-corrected chi connectivity index (χ3v) is 5.53. The van der Waals surface area contributed by atoms with Crippen molar-refractivity contribution in [2.24, 2.45) is 0 Å².